The van der Waals surface area contributed by atoms with Crippen LogP contribution in [-0.2, 0) is 19.6 Å². The predicted molar refractivity (Wildman–Crippen MR) is 109 cm³/mol. The lowest BCUT2D eigenvalue weighted by Crippen LogP contribution is -2.22. The van der Waals surface area contributed by atoms with Crippen LogP contribution < -0.4 is 10.0 Å². The fourth-order valence-electron chi connectivity index (χ4n) is 2.50. The summed E-state index contributed by atoms with van der Waals surface area (Å²) in [6.07, 6.45) is 0. The lowest BCUT2D eigenvalue weighted by atomic mass is 10.2. The molecular weight excluding hydrogens is 430 g/mol. The van der Waals surface area contributed by atoms with E-state index < -0.39 is 45.8 Å². The first kappa shape index (κ1) is 21.9. The van der Waals surface area contributed by atoms with Crippen LogP contribution in [0.2, 0.25) is 0 Å². The number of carbonyl (C=O) groups is 2. The van der Waals surface area contributed by atoms with Crippen LogP contribution in [0, 0.1) is 11.6 Å². The highest BCUT2D eigenvalue weighted by atomic mass is 32.2. The Kier molecular flexibility index (Phi) is 6.61. The second kappa shape index (κ2) is 9.35. The van der Waals surface area contributed by atoms with Crippen LogP contribution in [0.15, 0.2) is 77.7 Å². The standard InChI is InChI=1S/C21H16F2N2O5S/c22-17-7-4-8-18(23)20(17)24-19(26)13-30-21(27)14-9-11-16(12-10-14)31(28,29)25-15-5-2-1-3-6-15/h1-12,25H,13H2,(H,24,26). The van der Waals surface area contributed by atoms with Gasteiger partial charge in [-0.05, 0) is 48.5 Å². The summed E-state index contributed by atoms with van der Waals surface area (Å²) < 4.78 is 59.0. The molecule has 3 rings (SSSR count). The number of halogens is 2. The Bertz CT molecular complexity index is 1180. The van der Waals surface area contributed by atoms with E-state index in [4.69, 9.17) is 4.74 Å². The fourth-order valence-corrected chi connectivity index (χ4v) is 3.56. The van der Waals surface area contributed by atoms with Crippen LogP contribution in [0.25, 0.3) is 0 Å². The third-order valence-electron chi connectivity index (χ3n) is 3.99. The van der Waals surface area contributed by atoms with Crippen LogP contribution in [0.1, 0.15) is 10.4 Å². The van der Waals surface area contributed by atoms with Crippen molar-refractivity contribution >= 4 is 33.3 Å². The van der Waals surface area contributed by atoms with Gasteiger partial charge in [-0.15, -0.1) is 0 Å². The third kappa shape index (κ3) is 5.64. The summed E-state index contributed by atoms with van der Waals surface area (Å²) in [5.41, 5.74) is -0.282. The molecule has 160 valence electrons. The van der Waals surface area contributed by atoms with E-state index in [2.05, 4.69) is 4.72 Å². The van der Waals surface area contributed by atoms with Crippen molar-refractivity contribution in [1.29, 1.82) is 0 Å². The van der Waals surface area contributed by atoms with Crippen molar-refractivity contribution in [2.75, 3.05) is 16.6 Å². The molecule has 0 aliphatic carbocycles. The number of amides is 1. The minimum atomic E-state index is -3.86. The van der Waals surface area contributed by atoms with Gasteiger partial charge in [-0.3, -0.25) is 9.52 Å². The lowest BCUT2D eigenvalue weighted by Gasteiger charge is -2.09. The molecule has 31 heavy (non-hydrogen) atoms. The van der Waals surface area contributed by atoms with E-state index in [0.717, 1.165) is 18.2 Å². The Labute approximate surface area is 176 Å². The number of ether oxygens (including phenoxy) is 1. The summed E-state index contributed by atoms with van der Waals surface area (Å²) in [6.45, 7) is -0.789. The summed E-state index contributed by atoms with van der Waals surface area (Å²) in [6, 6.07) is 16.2. The molecule has 3 aromatic rings. The average Bonchev–Trinajstić information content (AvgIpc) is 2.75. The van der Waals surface area contributed by atoms with Gasteiger partial charge in [-0.2, -0.15) is 0 Å². The molecule has 7 nitrogen and oxygen atoms in total. The molecule has 3 aromatic carbocycles. The molecule has 10 heteroatoms. The van der Waals surface area contributed by atoms with Crippen molar-refractivity contribution in [1.82, 2.24) is 0 Å². The monoisotopic (exact) mass is 446 g/mol. The summed E-state index contributed by atoms with van der Waals surface area (Å²) >= 11 is 0. The van der Waals surface area contributed by atoms with Gasteiger partial charge < -0.3 is 10.1 Å². The topological polar surface area (TPSA) is 102 Å². The Morgan fingerprint density at radius 3 is 2.06 bits per heavy atom. The molecular formula is C21H16F2N2O5S. The smallest absolute Gasteiger partial charge is 0.338 e. The Morgan fingerprint density at radius 2 is 1.45 bits per heavy atom. The number of sulfonamides is 1. The molecule has 0 aromatic heterocycles. The van der Waals surface area contributed by atoms with E-state index in [-0.39, 0.29) is 10.5 Å². The summed E-state index contributed by atoms with van der Waals surface area (Å²) in [5, 5.41) is 1.98. The second-order valence-corrected chi connectivity index (χ2v) is 7.90. The molecule has 0 saturated heterocycles. The number of rotatable bonds is 7. The van der Waals surface area contributed by atoms with E-state index >= 15 is 0 Å². The quantitative estimate of drug-likeness (QED) is 0.541. The maximum absolute atomic E-state index is 13.5. The van der Waals surface area contributed by atoms with Crippen molar-refractivity contribution in [3.8, 4) is 0 Å². The molecule has 0 spiro atoms. The zero-order valence-electron chi connectivity index (χ0n) is 15.8. The normalized spacial score (nSPS) is 10.9. The fraction of sp³-hybridized carbons (Fsp3) is 0.0476. The minimum Gasteiger partial charge on any atom is -0.452 e. The molecule has 0 radical (unpaired) electrons. The van der Waals surface area contributed by atoms with Gasteiger partial charge >= 0.3 is 5.97 Å². The van der Waals surface area contributed by atoms with Crippen LogP contribution in [0.4, 0.5) is 20.2 Å². The number of carbonyl (C=O) groups excluding carboxylic acids is 2. The van der Waals surface area contributed by atoms with Gasteiger partial charge in [0.25, 0.3) is 15.9 Å². The number of hydrogen-bond acceptors (Lipinski definition) is 5. The number of nitrogens with one attached hydrogen (secondary N) is 2. The minimum absolute atomic E-state index is 0.0106. The van der Waals surface area contributed by atoms with E-state index in [1.165, 1.54) is 24.3 Å². The van der Waals surface area contributed by atoms with Crippen molar-refractivity contribution in [3.05, 3.63) is 90.0 Å². The third-order valence-corrected chi connectivity index (χ3v) is 5.39. The van der Waals surface area contributed by atoms with Gasteiger partial charge in [-0.1, -0.05) is 24.3 Å². The first-order valence-electron chi connectivity index (χ1n) is 8.85. The van der Waals surface area contributed by atoms with Crippen LogP contribution in [0.3, 0.4) is 0 Å². The maximum atomic E-state index is 13.5. The van der Waals surface area contributed by atoms with Crippen molar-refractivity contribution in [2.45, 2.75) is 4.90 Å². The van der Waals surface area contributed by atoms with E-state index in [0.29, 0.717) is 5.69 Å². The highest BCUT2D eigenvalue weighted by molar-refractivity contribution is 7.92. The lowest BCUT2D eigenvalue weighted by molar-refractivity contribution is -0.119. The zero-order valence-corrected chi connectivity index (χ0v) is 16.7. The first-order chi connectivity index (χ1) is 14.8. The van der Waals surface area contributed by atoms with Crippen molar-refractivity contribution in [3.63, 3.8) is 0 Å². The largest absolute Gasteiger partial charge is 0.452 e. The molecule has 0 saturated carbocycles. The molecule has 1 amide bonds. The number of esters is 1. The molecule has 0 unspecified atom stereocenters. The number of anilines is 2. The summed E-state index contributed by atoms with van der Waals surface area (Å²) in [5.74, 6) is -3.80. The molecule has 0 aliphatic heterocycles. The molecule has 2 N–H and O–H groups in total. The van der Waals surface area contributed by atoms with Crippen molar-refractivity contribution in [2.24, 2.45) is 0 Å². The first-order valence-corrected chi connectivity index (χ1v) is 10.3. The van der Waals surface area contributed by atoms with E-state index in [1.807, 2.05) is 5.32 Å². The number of benzene rings is 3. The van der Waals surface area contributed by atoms with E-state index in [1.54, 1.807) is 30.3 Å². The average molecular weight is 446 g/mol. The summed E-state index contributed by atoms with van der Waals surface area (Å²) in [7, 11) is -3.86. The van der Waals surface area contributed by atoms with Crippen LogP contribution in [-0.4, -0.2) is 26.9 Å². The molecule has 0 heterocycles. The molecule has 0 atom stereocenters. The van der Waals surface area contributed by atoms with Crippen LogP contribution in [0.5, 0.6) is 0 Å². The second-order valence-electron chi connectivity index (χ2n) is 6.22. The number of hydrogen-bond donors (Lipinski definition) is 2. The zero-order chi connectivity index (χ0) is 22.4. The van der Waals surface area contributed by atoms with Crippen LogP contribution >= 0.6 is 0 Å². The Hall–Kier alpha value is -3.79. The highest BCUT2D eigenvalue weighted by Crippen LogP contribution is 2.18. The molecule has 0 aliphatic rings. The van der Waals surface area contributed by atoms with Gasteiger partial charge in [0.2, 0.25) is 0 Å². The van der Waals surface area contributed by atoms with Crippen molar-refractivity contribution < 1.29 is 31.5 Å². The van der Waals surface area contributed by atoms with Gasteiger partial charge in [0.1, 0.15) is 17.3 Å². The summed E-state index contributed by atoms with van der Waals surface area (Å²) in [4.78, 5) is 23.8. The van der Waals surface area contributed by atoms with Gasteiger partial charge in [0.05, 0.1) is 10.5 Å². The Morgan fingerprint density at radius 1 is 0.839 bits per heavy atom. The van der Waals surface area contributed by atoms with Gasteiger partial charge in [0, 0.05) is 5.69 Å². The maximum Gasteiger partial charge on any atom is 0.338 e. The SMILES string of the molecule is O=C(COC(=O)c1ccc(S(=O)(=O)Nc2ccccc2)cc1)Nc1c(F)cccc1F. The van der Waals surface area contributed by atoms with Gasteiger partial charge in [0.15, 0.2) is 6.61 Å². The Balaban J connectivity index is 1.59. The van der Waals surface area contributed by atoms with Gasteiger partial charge in [-0.25, -0.2) is 22.0 Å². The number of para-hydroxylation sites is 2. The highest BCUT2D eigenvalue weighted by Gasteiger charge is 2.17. The predicted octanol–water partition coefficient (Wildman–Crippen LogP) is 3.56. The molecule has 0 fully saturated rings. The molecule has 0 bridgehead atoms. The van der Waals surface area contributed by atoms with E-state index in [9.17, 15) is 26.8 Å².